The fraction of sp³-hybridized carbons (Fsp3) is 0.138. The van der Waals surface area contributed by atoms with Crippen LogP contribution >= 0.6 is 0 Å². The zero-order chi connectivity index (χ0) is 24.2. The molecule has 5 aromatic rings. The molecule has 5 rings (SSSR count). The molecule has 3 aromatic carbocycles. The maximum atomic E-state index is 13.5. The highest BCUT2D eigenvalue weighted by Gasteiger charge is 2.20. The smallest absolute Gasteiger partial charge is 0.252 e. The van der Waals surface area contributed by atoms with Crippen molar-refractivity contribution in [1.29, 1.82) is 0 Å². The van der Waals surface area contributed by atoms with Gasteiger partial charge in [0.15, 0.2) is 5.65 Å². The Balaban J connectivity index is 1.54. The third kappa shape index (κ3) is 4.77. The van der Waals surface area contributed by atoms with Crippen LogP contribution < -0.4 is 10.1 Å². The number of aryl methyl sites for hydroxylation is 1. The van der Waals surface area contributed by atoms with E-state index in [2.05, 4.69) is 27.6 Å². The van der Waals surface area contributed by atoms with Crippen LogP contribution in [0.4, 0.5) is 0 Å². The maximum absolute atomic E-state index is 13.5. The van der Waals surface area contributed by atoms with Crippen molar-refractivity contribution in [1.82, 2.24) is 20.5 Å². The molecule has 0 aliphatic carbocycles. The van der Waals surface area contributed by atoms with Gasteiger partial charge in [0.05, 0.1) is 29.4 Å². The molecule has 0 aliphatic heterocycles. The summed E-state index contributed by atoms with van der Waals surface area (Å²) < 4.78 is 5.28. The zero-order valence-corrected chi connectivity index (χ0v) is 19.7. The lowest BCUT2D eigenvalue weighted by atomic mass is 10.0. The summed E-state index contributed by atoms with van der Waals surface area (Å²) >= 11 is 0. The van der Waals surface area contributed by atoms with Crippen molar-refractivity contribution in [2.75, 3.05) is 13.7 Å². The molecule has 0 spiro atoms. The Hall–Kier alpha value is -4.45. The molecule has 2 heterocycles. The van der Waals surface area contributed by atoms with Crippen LogP contribution in [0.15, 0.2) is 84.9 Å². The van der Waals surface area contributed by atoms with Gasteiger partial charge in [0.2, 0.25) is 0 Å². The summed E-state index contributed by atoms with van der Waals surface area (Å²) in [5, 5.41) is 11.4. The van der Waals surface area contributed by atoms with Gasteiger partial charge in [0.1, 0.15) is 5.75 Å². The molecular weight excluding hydrogens is 436 g/mol. The number of H-pyrrole nitrogens is 1. The second kappa shape index (κ2) is 9.81. The van der Waals surface area contributed by atoms with E-state index >= 15 is 0 Å². The standard InChI is InChI=1S/C29H26N4O2/c1-19-8-10-22(11-9-19)27-26-24(29(34)30-17-16-20-6-4-3-5-7-20)18-25(31-28(26)33-32-27)21-12-14-23(35-2)15-13-21/h3-15,18H,16-17H2,1-2H3,(H,30,34)(H,31,32,33). The molecule has 0 saturated heterocycles. The van der Waals surface area contributed by atoms with Gasteiger partial charge in [0.25, 0.3) is 5.91 Å². The van der Waals surface area contributed by atoms with Crippen LogP contribution in [0.3, 0.4) is 0 Å². The number of nitrogens with one attached hydrogen (secondary N) is 2. The second-order valence-electron chi connectivity index (χ2n) is 8.44. The minimum Gasteiger partial charge on any atom is -0.497 e. The maximum Gasteiger partial charge on any atom is 0.252 e. The van der Waals surface area contributed by atoms with Gasteiger partial charge in [-0.25, -0.2) is 4.98 Å². The molecule has 2 aromatic heterocycles. The van der Waals surface area contributed by atoms with Crippen LogP contribution in [0.25, 0.3) is 33.5 Å². The van der Waals surface area contributed by atoms with E-state index in [1.807, 2.05) is 79.7 Å². The molecular formula is C29H26N4O2. The highest BCUT2D eigenvalue weighted by molar-refractivity contribution is 6.11. The van der Waals surface area contributed by atoms with E-state index in [1.54, 1.807) is 7.11 Å². The number of nitrogens with zero attached hydrogens (tertiary/aromatic N) is 2. The minimum atomic E-state index is -0.155. The first-order valence-electron chi connectivity index (χ1n) is 11.5. The summed E-state index contributed by atoms with van der Waals surface area (Å²) in [4.78, 5) is 18.2. The number of methoxy groups -OCH3 is 1. The van der Waals surface area contributed by atoms with Gasteiger partial charge in [0, 0.05) is 17.7 Å². The molecule has 0 aliphatic rings. The quantitative estimate of drug-likeness (QED) is 0.331. The topological polar surface area (TPSA) is 79.9 Å². The Morgan fingerprint density at radius 1 is 0.943 bits per heavy atom. The van der Waals surface area contributed by atoms with Crippen molar-refractivity contribution in [2.24, 2.45) is 0 Å². The molecule has 0 fully saturated rings. The van der Waals surface area contributed by atoms with Crippen molar-refractivity contribution in [3.63, 3.8) is 0 Å². The fourth-order valence-corrected chi connectivity index (χ4v) is 4.10. The van der Waals surface area contributed by atoms with Crippen LogP contribution in [-0.4, -0.2) is 34.7 Å². The van der Waals surface area contributed by atoms with E-state index in [-0.39, 0.29) is 5.91 Å². The van der Waals surface area contributed by atoms with Crippen LogP contribution in [0.1, 0.15) is 21.5 Å². The van der Waals surface area contributed by atoms with Crippen LogP contribution in [0.2, 0.25) is 0 Å². The van der Waals surface area contributed by atoms with Gasteiger partial charge in [-0.05, 0) is 49.2 Å². The minimum absolute atomic E-state index is 0.155. The summed E-state index contributed by atoms with van der Waals surface area (Å²) in [6, 6.07) is 27.7. The van der Waals surface area contributed by atoms with Crippen LogP contribution in [0, 0.1) is 6.92 Å². The van der Waals surface area contributed by atoms with E-state index in [9.17, 15) is 4.79 Å². The highest BCUT2D eigenvalue weighted by atomic mass is 16.5. The first kappa shape index (κ1) is 22.3. The largest absolute Gasteiger partial charge is 0.497 e. The number of fused-ring (bicyclic) bond motifs is 1. The number of carbonyl (C=O) groups excluding carboxylic acids is 1. The number of benzene rings is 3. The highest BCUT2D eigenvalue weighted by Crippen LogP contribution is 2.32. The van der Waals surface area contributed by atoms with E-state index in [0.717, 1.165) is 34.6 Å². The number of aromatic nitrogens is 3. The van der Waals surface area contributed by atoms with Crippen LogP contribution in [-0.2, 0) is 6.42 Å². The first-order valence-corrected chi connectivity index (χ1v) is 11.5. The second-order valence-corrected chi connectivity index (χ2v) is 8.44. The van der Waals surface area contributed by atoms with Gasteiger partial charge in [-0.1, -0.05) is 60.2 Å². The number of hydrogen-bond acceptors (Lipinski definition) is 4. The van der Waals surface area contributed by atoms with Gasteiger partial charge in [-0.3, -0.25) is 9.89 Å². The molecule has 6 nitrogen and oxygen atoms in total. The molecule has 1 amide bonds. The van der Waals surface area contributed by atoms with Gasteiger partial charge < -0.3 is 10.1 Å². The first-order chi connectivity index (χ1) is 17.1. The number of rotatable bonds is 7. The number of carbonyl (C=O) groups is 1. The van der Waals surface area contributed by atoms with E-state index < -0.39 is 0 Å². The van der Waals surface area contributed by atoms with Crippen molar-refractivity contribution >= 4 is 16.9 Å². The number of hydrogen-bond donors (Lipinski definition) is 2. The molecule has 0 bridgehead atoms. The van der Waals surface area contributed by atoms with E-state index in [4.69, 9.17) is 9.72 Å². The molecule has 0 saturated carbocycles. The van der Waals surface area contributed by atoms with E-state index in [0.29, 0.717) is 28.8 Å². The van der Waals surface area contributed by atoms with Gasteiger partial charge >= 0.3 is 0 Å². The molecule has 0 unspecified atom stereocenters. The summed E-state index contributed by atoms with van der Waals surface area (Å²) in [6.07, 6.45) is 0.752. The normalized spacial score (nSPS) is 10.9. The Labute approximate surface area is 204 Å². The Kier molecular flexibility index (Phi) is 6.26. The van der Waals surface area contributed by atoms with Crippen molar-refractivity contribution in [3.05, 3.63) is 102 Å². The number of amides is 1. The lowest BCUT2D eigenvalue weighted by Crippen LogP contribution is -2.26. The summed E-state index contributed by atoms with van der Waals surface area (Å²) in [6.45, 7) is 2.57. The lowest BCUT2D eigenvalue weighted by molar-refractivity contribution is 0.0955. The van der Waals surface area contributed by atoms with Crippen LogP contribution in [0.5, 0.6) is 5.75 Å². The van der Waals surface area contributed by atoms with Crippen molar-refractivity contribution in [3.8, 4) is 28.3 Å². The Morgan fingerprint density at radius 2 is 1.66 bits per heavy atom. The number of aromatic amines is 1. The number of pyridine rings is 1. The fourth-order valence-electron chi connectivity index (χ4n) is 4.10. The monoisotopic (exact) mass is 462 g/mol. The molecule has 2 N–H and O–H groups in total. The molecule has 0 radical (unpaired) electrons. The van der Waals surface area contributed by atoms with Gasteiger partial charge in [-0.2, -0.15) is 5.10 Å². The Bertz CT molecular complexity index is 1460. The summed E-state index contributed by atoms with van der Waals surface area (Å²) in [5.41, 5.74) is 6.67. The van der Waals surface area contributed by atoms with Gasteiger partial charge in [-0.15, -0.1) is 0 Å². The average Bonchev–Trinajstić information content (AvgIpc) is 3.33. The van der Waals surface area contributed by atoms with Crippen molar-refractivity contribution < 1.29 is 9.53 Å². The predicted octanol–water partition coefficient (Wildman–Crippen LogP) is 5.58. The number of ether oxygens (including phenoxy) is 1. The Morgan fingerprint density at radius 3 is 2.37 bits per heavy atom. The summed E-state index contributed by atoms with van der Waals surface area (Å²) in [5.74, 6) is 0.605. The lowest BCUT2D eigenvalue weighted by Gasteiger charge is -2.10. The van der Waals surface area contributed by atoms with E-state index in [1.165, 1.54) is 5.56 Å². The molecule has 0 atom stereocenters. The average molecular weight is 463 g/mol. The molecule has 35 heavy (non-hydrogen) atoms. The predicted molar refractivity (Wildman–Crippen MR) is 139 cm³/mol. The third-order valence-electron chi connectivity index (χ3n) is 6.04. The SMILES string of the molecule is COc1ccc(-c2cc(C(=O)NCCc3ccccc3)c3c(-c4ccc(C)cc4)[nH]nc3n2)cc1. The third-order valence-corrected chi connectivity index (χ3v) is 6.04. The molecule has 6 heteroatoms. The zero-order valence-electron chi connectivity index (χ0n) is 19.7. The van der Waals surface area contributed by atoms with Crippen molar-refractivity contribution in [2.45, 2.75) is 13.3 Å². The summed E-state index contributed by atoms with van der Waals surface area (Å²) in [7, 11) is 1.63. The molecule has 174 valence electrons.